The molecule has 0 aliphatic heterocycles. The van der Waals surface area contributed by atoms with E-state index in [1.165, 1.54) is 6.21 Å². The van der Waals surface area contributed by atoms with Gasteiger partial charge in [-0.2, -0.15) is 5.10 Å². The number of rotatable bonds is 6. The molecule has 0 atom stereocenters. The standard InChI is InChI=1S/C17H16ClN3O4/c1-2-24-15-9-11(10-20-21-17(19)23)7-8-14(15)25-16(22)12-5-3-4-6-13(12)18/h3-10H,2H2,1H3,(H3,19,21,23). The summed E-state index contributed by atoms with van der Waals surface area (Å²) < 4.78 is 10.9. The molecule has 8 heteroatoms. The van der Waals surface area contributed by atoms with E-state index in [0.717, 1.165) is 0 Å². The fourth-order valence-electron chi connectivity index (χ4n) is 1.91. The molecule has 2 rings (SSSR count). The Kier molecular flexibility index (Phi) is 6.36. The zero-order valence-electron chi connectivity index (χ0n) is 13.4. The second-order valence-electron chi connectivity index (χ2n) is 4.74. The van der Waals surface area contributed by atoms with Gasteiger partial charge in [0.2, 0.25) is 0 Å². The molecular formula is C17H16ClN3O4. The van der Waals surface area contributed by atoms with Crippen LogP contribution in [0.3, 0.4) is 0 Å². The summed E-state index contributed by atoms with van der Waals surface area (Å²) in [4.78, 5) is 22.9. The van der Waals surface area contributed by atoms with E-state index in [9.17, 15) is 9.59 Å². The summed E-state index contributed by atoms with van der Waals surface area (Å²) in [6, 6.07) is 10.6. The summed E-state index contributed by atoms with van der Waals surface area (Å²) in [7, 11) is 0. The number of benzene rings is 2. The number of primary amides is 1. The molecule has 25 heavy (non-hydrogen) atoms. The SMILES string of the molecule is CCOc1cc(C=NNC(N)=O)ccc1OC(=O)c1ccccc1Cl. The van der Waals surface area contributed by atoms with E-state index in [2.05, 4.69) is 10.5 Å². The largest absolute Gasteiger partial charge is 0.490 e. The molecule has 7 nitrogen and oxygen atoms in total. The highest BCUT2D eigenvalue weighted by Gasteiger charge is 2.15. The molecule has 2 aromatic rings. The first-order valence-corrected chi connectivity index (χ1v) is 7.71. The van der Waals surface area contributed by atoms with Gasteiger partial charge in [0.25, 0.3) is 0 Å². The van der Waals surface area contributed by atoms with Crippen LogP contribution in [-0.4, -0.2) is 24.8 Å². The summed E-state index contributed by atoms with van der Waals surface area (Å²) in [5.74, 6) is 0.000994. The predicted molar refractivity (Wildman–Crippen MR) is 94.3 cm³/mol. The van der Waals surface area contributed by atoms with E-state index in [1.54, 1.807) is 49.4 Å². The molecular weight excluding hydrogens is 346 g/mol. The summed E-state index contributed by atoms with van der Waals surface area (Å²) in [6.07, 6.45) is 1.38. The highest BCUT2D eigenvalue weighted by atomic mass is 35.5. The first kappa shape index (κ1) is 18.3. The number of carbonyl (C=O) groups excluding carboxylic acids is 2. The van der Waals surface area contributed by atoms with Gasteiger partial charge in [-0.3, -0.25) is 0 Å². The third-order valence-corrected chi connectivity index (χ3v) is 3.28. The van der Waals surface area contributed by atoms with Crippen LogP contribution in [0.4, 0.5) is 4.79 Å². The molecule has 130 valence electrons. The van der Waals surface area contributed by atoms with E-state index in [-0.39, 0.29) is 11.3 Å². The molecule has 0 bridgehead atoms. The van der Waals surface area contributed by atoms with E-state index in [1.807, 2.05) is 0 Å². The van der Waals surface area contributed by atoms with Gasteiger partial charge >= 0.3 is 12.0 Å². The number of esters is 1. The van der Waals surface area contributed by atoms with E-state index in [4.69, 9.17) is 26.8 Å². The summed E-state index contributed by atoms with van der Waals surface area (Å²) in [6.45, 7) is 2.17. The van der Waals surface area contributed by atoms with Gasteiger partial charge in [0.1, 0.15) is 0 Å². The van der Waals surface area contributed by atoms with Crippen LogP contribution in [0.5, 0.6) is 11.5 Å². The van der Waals surface area contributed by atoms with Crippen LogP contribution in [0.25, 0.3) is 0 Å². The Bertz CT molecular complexity index is 808. The van der Waals surface area contributed by atoms with Crippen molar-refractivity contribution >= 4 is 29.8 Å². The van der Waals surface area contributed by atoms with Crippen LogP contribution in [0.2, 0.25) is 5.02 Å². The Morgan fingerprint density at radius 2 is 2.00 bits per heavy atom. The number of hydrazone groups is 1. The number of nitrogens with two attached hydrogens (primary N) is 1. The lowest BCUT2D eigenvalue weighted by Crippen LogP contribution is -2.24. The Morgan fingerprint density at radius 3 is 2.68 bits per heavy atom. The smallest absolute Gasteiger partial charge is 0.345 e. The molecule has 0 aliphatic carbocycles. The van der Waals surface area contributed by atoms with Crippen molar-refractivity contribution in [3.05, 3.63) is 58.6 Å². The molecule has 0 saturated carbocycles. The van der Waals surface area contributed by atoms with Gasteiger partial charge in [0.05, 0.1) is 23.4 Å². The quantitative estimate of drug-likeness (QED) is 0.357. The number of carbonyl (C=O) groups is 2. The Balaban J connectivity index is 2.22. The normalized spacial score (nSPS) is 10.5. The number of hydrogen-bond donors (Lipinski definition) is 2. The molecule has 2 amide bonds. The molecule has 0 saturated heterocycles. The predicted octanol–water partition coefficient (Wildman–Crippen LogP) is 2.96. The summed E-state index contributed by atoms with van der Waals surface area (Å²) >= 11 is 6.00. The summed E-state index contributed by atoms with van der Waals surface area (Å²) in [5, 5.41) is 3.96. The molecule has 0 unspecified atom stereocenters. The van der Waals surface area contributed by atoms with Crippen LogP contribution in [0, 0.1) is 0 Å². The minimum absolute atomic E-state index is 0.242. The number of nitrogens with zero attached hydrogens (tertiary/aromatic N) is 1. The molecule has 0 aliphatic rings. The van der Waals surface area contributed by atoms with E-state index < -0.39 is 12.0 Å². The zero-order valence-corrected chi connectivity index (χ0v) is 14.1. The van der Waals surface area contributed by atoms with Gasteiger partial charge in [-0.25, -0.2) is 15.0 Å². The van der Waals surface area contributed by atoms with E-state index >= 15 is 0 Å². The zero-order chi connectivity index (χ0) is 18.2. The van der Waals surface area contributed by atoms with Crippen LogP contribution >= 0.6 is 11.6 Å². The first-order valence-electron chi connectivity index (χ1n) is 7.33. The fourth-order valence-corrected chi connectivity index (χ4v) is 2.12. The van der Waals surface area contributed by atoms with Crippen molar-refractivity contribution in [3.8, 4) is 11.5 Å². The molecule has 0 radical (unpaired) electrons. The van der Waals surface area contributed by atoms with E-state index in [0.29, 0.717) is 22.9 Å². The number of urea groups is 1. The molecule has 2 aromatic carbocycles. The van der Waals surface area contributed by atoms with Crippen LogP contribution < -0.4 is 20.6 Å². The number of halogens is 1. The van der Waals surface area contributed by atoms with Gasteiger partial charge in [0, 0.05) is 0 Å². The average molecular weight is 362 g/mol. The minimum Gasteiger partial charge on any atom is -0.490 e. The third kappa shape index (κ3) is 5.22. The van der Waals surface area contributed by atoms with Crippen molar-refractivity contribution in [1.82, 2.24) is 5.43 Å². The van der Waals surface area contributed by atoms with Crippen LogP contribution in [0.1, 0.15) is 22.8 Å². The van der Waals surface area contributed by atoms with Crippen molar-refractivity contribution in [3.63, 3.8) is 0 Å². The third-order valence-electron chi connectivity index (χ3n) is 2.95. The van der Waals surface area contributed by atoms with Crippen LogP contribution in [-0.2, 0) is 0 Å². The van der Waals surface area contributed by atoms with Crippen molar-refractivity contribution in [2.45, 2.75) is 6.92 Å². The van der Waals surface area contributed by atoms with Crippen LogP contribution in [0.15, 0.2) is 47.6 Å². The molecule has 0 aromatic heterocycles. The number of amides is 2. The molecule has 0 fully saturated rings. The first-order chi connectivity index (χ1) is 12.0. The van der Waals surface area contributed by atoms with Gasteiger partial charge < -0.3 is 15.2 Å². The second-order valence-corrected chi connectivity index (χ2v) is 5.15. The second kappa shape index (κ2) is 8.70. The summed E-state index contributed by atoms with van der Waals surface area (Å²) in [5.41, 5.74) is 7.88. The Hall–Kier alpha value is -3.06. The Morgan fingerprint density at radius 1 is 1.24 bits per heavy atom. The van der Waals surface area contributed by atoms with Crippen molar-refractivity contribution in [2.24, 2.45) is 10.8 Å². The average Bonchev–Trinajstić information content (AvgIpc) is 2.57. The lowest BCUT2D eigenvalue weighted by Gasteiger charge is -2.11. The molecule has 3 N–H and O–H groups in total. The van der Waals surface area contributed by atoms with Crippen molar-refractivity contribution < 1.29 is 19.1 Å². The lowest BCUT2D eigenvalue weighted by molar-refractivity contribution is 0.0728. The van der Waals surface area contributed by atoms with Gasteiger partial charge in [-0.1, -0.05) is 23.7 Å². The van der Waals surface area contributed by atoms with Gasteiger partial charge in [0.15, 0.2) is 11.5 Å². The van der Waals surface area contributed by atoms with Crippen molar-refractivity contribution in [2.75, 3.05) is 6.61 Å². The fraction of sp³-hybridized carbons (Fsp3) is 0.118. The monoisotopic (exact) mass is 361 g/mol. The molecule has 0 spiro atoms. The maximum atomic E-state index is 12.3. The minimum atomic E-state index is -0.772. The maximum absolute atomic E-state index is 12.3. The molecule has 0 heterocycles. The van der Waals surface area contributed by atoms with Gasteiger partial charge in [-0.15, -0.1) is 0 Å². The lowest BCUT2D eigenvalue weighted by atomic mass is 10.2. The topological polar surface area (TPSA) is 103 Å². The number of ether oxygens (including phenoxy) is 2. The maximum Gasteiger partial charge on any atom is 0.345 e. The Labute approximate surface area is 149 Å². The highest BCUT2D eigenvalue weighted by Crippen LogP contribution is 2.29. The van der Waals surface area contributed by atoms with Crippen molar-refractivity contribution in [1.29, 1.82) is 0 Å². The van der Waals surface area contributed by atoms with Gasteiger partial charge in [-0.05, 0) is 42.8 Å². The number of hydrogen-bond acceptors (Lipinski definition) is 5. The number of nitrogens with one attached hydrogen (secondary N) is 1. The highest BCUT2D eigenvalue weighted by molar-refractivity contribution is 6.33.